The molecule has 3 N–H and O–H groups in total. The van der Waals surface area contributed by atoms with Crippen molar-refractivity contribution in [3.8, 4) is 0 Å². The van der Waals surface area contributed by atoms with Crippen LogP contribution in [-0.4, -0.2) is 10.9 Å². The summed E-state index contributed by atoms with van der Waals surface area (Å²) in [4.78, 5) is 16.9. The maximum absolute atomic E-state index is 13.5. The molecule has 4 nitrogen and oxygen atoms in total. The zero-order valence-electron chi connectivity index (χ0n) is 10.3. The van der Waals surface area contributed by atoms with Crippen LogP contribution in [0.25, 0.3) is 0 Å². The van der Waals surface area contributed by atoms with E-state index in [0.29, 0.717) is 11.2 Å². The zero-order valence-corrected chi connectivity index (χ0v) is 11.1. The lowest BCUT2D eigenvalue weighted by molar-refractivity contribution is 0.102. The third-order valence-corrected chi connectivity index (χ3v) is 3.57. The molecule has 100 valence electrons. The first-order valence-corrected chi connectivity index (χ1v) is 6.20. The number of aryl methyl sites for hydroxylation is 2. The van der Waals surface area contributed by atoms with Crippen molar-refractivity contribution in [3.05, 3.63) is 39.9 Å². The first-order valence-electron chi connectivity index (χ1n) is 5.38. The fourth-order valence-electron chi connectivity index (χ4n) is 1.43. The highest BCUT2D eigenvalue weighted by atomic mass is 32.1. The van der Waals surface area contributed by atoms with E-state index in [1.807, 2.05) is 6.92 Å². The number of thiazole rings is 1. The molecule has 0 aliphatic rings. The minimum Gasteiger partial charge on any atom is -0.396 e. The van der Waals surface area contributed by atoms with Gasteiger partial charge < -0.3 is 5.73 Å². The van der Waals surface area contributed by atoms with E-state index in [1.165, 1.54) is 11.3 Å². The molecule has 0 bridgehead atoms. The largest absolute Gasteiger partial charge is 0.396 e. The standard InChI is InChI=1S/C12H11F2N3OS/c1-5-6(2)19-12(16-5)17-11(18)7-3-10(15)9(14)4-8(7)13/h3-4H,15H2,1-2H3,(H,16,17,18). The summed E-state index contributed by atoms with van der Waals surface area (Å²) in [5.41, 5.74) is 5.51. The van der Waals surface area contributed by atoms with Gasteiger partial charge in [-0.3, -0.25) is 10.1 Å². The number of carbonyl (C=O) groups excluding carboxylic acids is 1. The lowest BCUT2D eigenvalue weighted by Gasteiger charge is -2.05. The van der Waals surface area contributed by atoms with Crippen LogP contribution in [0.15, 0.2) is 12.1 Å². The highest BCUT2D eigenvalue weighted by Gasteiger charge is 2.16. The zero-order chi connectivity index (χ0) is 14.2. The number of rotatable bonds is 2. The van der Waals surface area contributed by atoms with Crippen LogP contribution in [0.5, 0.6) is 0 Å². The first kappa shape index (κ1) is 13.4. The van der Waals surface area contributed by atoms with Gasteiger partial charge in [0.1, 0.15) is 11.6 Å². The predicted molar refractivity (Wildman–Crippen MR) is 70.3 cm³/mol. The highest BCUT2D eigenvalue weighted by Crippen LogP contribution is 2.23. The van der Waals surface area contributed by atoms with E-state index in [0.717, 1.165) is 16.6 Å². The molecule has 0 fully saturated rings. The third kappa shape index (κ3) is 2.70. The molecule has 0 unspecified atom stereocenters. The normalized spacial score (nSPS) is 10.5. The number of anilines is 2. The Hall–Kier alpha value is -2.02. The Bertz CT molecular complexity index is 635. The summed E-state index contributed by atoms with van der Waals surface area (Å²) in [6.45, 7) is 3.66. The van der Waals surface area contributed by atoms with Crippen molar-refractivity contribution >= 4 is 28.1 Å². The van der Waals surface area contributed by atoms with Crippen LogP contribution in [0.1, 0.15) is 20.9 Å². The van der Waals surface area contributed by atoms with Crippen molar-refractivity contribution in [2.75, 3.05) is 11.1 Å². The molecule has 1 aromatic heterocycles. The Morgan fingerprint density at radius 2 is 2.00 bits per heavy atom. The Kier molecular flexibility index (Phi) is 3.48. The van der Waals surface area contributed by atoms with Crippen LogP contribution in [0.4, 0.5) is 19.6 Å². The van der Waals surface area contributed by atoms with Crippen molar-refractivity contribution in [1.82, 2.24) is 4.98 Å². The molecule has 7 heteroatoms. The molecule has 0 saturated heterocycles. The maximum Gasteiger partial charge on any atom is 0.260 e. The molecule has 0 saturated carbocycles. The predicted octanol–water partition coefficient (Wildman–Crippen LogP) is 2.87. The highest BCUT2D eigenvalue weighted by molar-refractivity contribution is 7.15. The van der Waals surface area contributed by atoms with Gasteiger partial charge >= 0.3 is 0 Å². The van der Waals surface area contributed by atoms with Gasteiger partial charge in [0, 0.05) is 10.9 Å². The smallest absolute Gasteiger partial charge is 0.260 e. The number of nitrogens with one attached hydrogen (secondary N) is 1. The summed E-state index contributed by atoms with van der Waals surface area (Å²) in [6, 6.07) is 1.55. The van der Waals surface area contributed by atoms with Gasteiger partial charge in [-0.1, -0.05) is 0 Å². The molecule has 2 aromatic rings. The van der Waals surface area contributed by atoms with E-state index in [9.17, 15) is 13.6 Å². The molecule has 1 heterocycles. The number of amides is 1. The molecule has 19 heavy (non-hydrogen) atoms. The van der Waals surface area contributed by atoms with Crippen LogP contribution in [0, 0.1) is 25.5 Å². The van der Waals surface area contributed by atoms with Crippen LogP contribution in [0.2, 0.25) is 0 Å². The number of aromatic nitrogens is 1. The number of hydrogen-bond acceptors (Lipinski definition) is 4. The fourth-order valence-corrected chi connectivity index (χ4v) is 2.24. The summed E-state index contributed by atoms with van der Waals surface area (Å²) < 4.78 is 26.5. The van der Waals surface area contributed by atoms with E-state index in [2.05, 4.69) is 10.3 Å². The van der Waals surface area contributed by atoms with E-state index in [-0.39, 0.29) is 11.3 Å². The summed E-state index contributed by atoms with van der Waals surface area (Å²) in [6.07, 6.45) is 0. The molecular formula is C12H11F2N3OS. The molecule has 1 amide bonds. The van der Waals surface area contributed by atoms with Gasteiger partial charge in [-0.05, 0) is 19.9 Å². The number of nitrogen functional groups attached to an aromatic ring is 1. The minimum atomic E-state index is -0.964. The Morgan fingerprint density at radius 3 is 2.58 bits per heavy atom. The summed E-state index contributed by atoms with van der Waals surface area (Å²) in [5.74, 6) is -2.57. The van der Waals surface area contributed by atoms with E-state index in [4.69, 9.17) is 5.73 Å². The van der Waals surface area contributed by atoms with E-state index in [1.54, 1.807) is 6.92 Å². The topological polar surface area (TPSA) is 68.0 Å². The Balaban J connectivity index is 2.27. The van der Waals surface area contributed by atoms with Crippen molar-refractivity contribution in [2.24, 2.45) is 0 Å². The Morgan fingerprint density at radius 1 is 1.32 bits per heavy atom. The maximum atomic E-state index is 13.5. The van der Waals surface area contributed by atoms with Crippen LogP contribution in [0.3, 0.4) is 0 Å². The molecular weight excluding hydrogens is 272 g/mol. The quantitative estimate of drug-likeness (QED) is 0.833. The second-order valence-corrected chi connectivity index (χ2v) is 5.17. The van der Waals surface area contributed by atoms with Crippen LogP contribution < -0.4 is 11.1 Å². The van der Waals surface area contributed by atoms with Gasteiger partial charge in [-0.25, -0.2) is 13.8 Å². The van der Waals surface area contributed by atoms with Gasteiger partial charge in [0.2, 0.25) is 0 Å². The summed E-state index contributed by atoms with van der Waals surface area (Å²) >= 11 is 1.28. The summed E-state index contributed by atoms with van der Waals surface area (Å²) in [7, 11) is 0. The molecule has 1 aromatic carbocycles. The average Bonchev–Trinajstić information content (AvgIpc) is 2.62. The molecule has 2 rings (SSSR count). The molecule has 0 radical (unpaired) electrons. The SMILES string of the molecule is Cc1nc(NC(=O)c2cc(N)c(F)cc2F)sc1C. The second kappa shape index (κ2) is 4.93. The number of benzene rings is 1. The Labute approximate surface area is 112 Å². The van der Waals surface area contributed by atoms with Crippen molar-refractivity contribution in [1.29, 1.82) is 0 Å². The number of nitrogens with two attached hydrogens (primary N) is 1. The van der Waals surface area contributed by atoms with E-state index >= 15 is 0 Å². The van der Waals surface area contributed by atoms with Gasteiger partial charge in [0.05, 0.1) is 16.9 Å². The van der Waals surface area contributed by atoms with Gasteiger partial charge in [0.25, 0.3) is 5.91 Å². The van der Waals surface area contributed by atoms with E-state index < -0.39 is 17.5 Å². The molecule has 0 aliphatic carbocycles. The number of hydrogen-bond donors (Lipinski definition) is 2. The average molecular weight is 283 g/mol. The molecule has 0 aliphatic heterocycles. The number of halogens is 2. The van der Waals surface area contributed by atoms with Crippen LogP contribution >= 0.6 is 11.3 Å². The van der Waals surface area contributed by atoms with Gasteiger partial charge in [-0.15, -0.1) is 11.3 Å². The summed E-state index contributed by atoms with van der Waals surface area (Å²) in [5, 5.41) is 2.82. The number of nitrogens with zero attached hydrogens (tertiary/aromatic N) is 1. The first-order chi connectivity index (χ1) is 8.88. The van der Waals surface area contributed by atoms with Gasteiger partial charge in [-0.2, -0.15) is 0 Å². The minimum absolute atomic E-state index is 0.280. The third-order valence-electron chi connectivity index (χ3n) is 2.58. The lowest BCUT2D eigenvalue weighted by atomic mass is 10.1. The molecule has 0 spiro atoms. The lowest BCUT2D eigenvalue weighted by Crippen LogP contribution is -2.14. The second-order valence-electron chi connectivity index (χ2n) is 3.97. The van der Waals surface area contributed by atoms with Crippen LogP contribution in [-0.2, 0) is 0 Å². The monoisotopic (exact) mass is 283 g/mol. The van der Waals surface area contributed by atoms with Crippen molar-refractivity contribution in [3.63, 3.8) is 0 Å². The van der Waals surface area contributed by atoms with Gasteiger partial charge in [0.15, 0.2) is 5.13 Å². The van der Waals surface area contributed by atoms with Crippen molar-refractivity contribution < 1.29 is 13.6 Å². The number of carbonyl (C=O) groups is 1. The fraction of sp³-hybridized carbons (Fsp3) is 0.167. The molecule has 0 atom stereocenters. The van der Waals surface area contributed by atoms with Crippen molar-refractivity contribution in [2.45, 2.75) is 13.8 Å².